The lowest BCUT2D eigenvalue weighted by atomic mass is 10.1. The van der Waals surface area contributed by atoms with E-state index in [-0.39, 0.29) is 11.9 Å². The van der Waals surface area contributed by atoms with Crippen LogP contribution in [0, 0.1) is 6.92 Å². The molecule has 1 aliphatic rings. The molecule has 3 aromatic heterocycles. The number of aryl methyl sites for hydroxylation is 1. The number of aromatic nitrogens is 3. The van der Waals surface area contributed by atoms with Gasteiger partial charge in [-0.15, -0.1) is 11.3 Å². The molecule has 0 radical (unpaired) electrons. The lowest BCUT2D eigenvalue weighted by Gasteiger charge is -2.25. The molecule has 1 aliphatic heterocycles. The number of rotatable bonds is 6. The fraction of sp³-hybridized carbons (Fsp3) is 0.240. The summed E-state index contributed by atoms with van der Waals surface area (Å²) in [5, 5.41) is 5.71. The molecule has 4 heterocycles. The smallest absolute Gasteiger partial charge is 0.274 e. The van der Waals surface area contributed by atoms with E-state index in [0.717, 1.165) is 36.2 Å². The van der Waals surface area contributed by atoms with Crippen molar-refractivity contribution in [1.82, 2.24) is 14.5 Å². The number of benzene rings is 1. The van der Waals surface area contributed by atoms with Gasteiger partial charge in [0.05, 0.1) is 11.7 Å². The van der Waals surface area contributed by atoms with Crippen LogP contribution in [0.25, 0.3) is 0 Å². The first-order valence-corrected chi connectivity index (χ1v) is 11.7. The van der Waals surface area contributed by atoms with Crippen LogP contribution in [0.15, 0.2) is 72.5 Å². The van der Waals surface area contributed by atoms with Crippen molar-refractivity contribution in [3.05, 3.63) is 95.0 Å². The minimum Gasteiger partial charge on any atom is -0.363 e. The van der Waals surface area contributed by atoms with E-state index in [0.29, 0.717) is 17.4 Å². The van der Waals surface area contributed by atoms with Crippen LogP contribution in [0.1, 0.15) is 46.2 Å². The number of hydrogen-bond donors (Lipinski definition) is 1. The van der Waals surface area contributed by atoms with Crippen molar-refractivity contribution < 1.29 is 4.79 Å². The molecule has 32 heavy (non-hydrogen) atoms. The topological polar surface area (TPSA) is 63.1 Å². The number of amides is 1. The molecule has 0 unspecified atom stereocenters. The van der Waals surface area contributed by atoms with Crippen LogP contribution in [0.5, 0.6) is 0 Å². The highest BCUT2D eigenvalue weighted by atomic mass is 32.1. The van der Waals surface area contributed by atoms with Crippen LogP contribution < -0.4 is 10.2 Å². The minimum absolute atomic E-state index is 0.144. The number of para-hydroxylation sites is 1. The number of nitrogens with zero attached hydrogens (tertiary/aromatic N) is 4. The van der Waals surface area contributed by atoms with E-state index >= 15 is 0 Å². The Hall–Kier alpha value is -3.45. The molecular weight excluding hydrogens is 418 g/mol. The highest BCUT2D eigenvalue weighted by Crippen LogP contribution is 2.37. The Bertz CT molecular complexity index is 1220. The van der Waals surface area contributed by atoms with Crippen LogP contribution in [0.4, 0.5) is 10.8 Å². The quantitative estimate of drug-likeness (QED) is 0.440. The molecule has 6 nitrogen and oxygen atoms in total. The van der Waals surface area contributed by atoms with Crippen LogP contribution in [-0.2, 0) is 6.54 Å². The summed E-state index contributed by atoms with van der Waals surface area (Å²) in [4.78, 5) is 24.3. The lowest BCUT2D eigenvalue weighted by molar-refractivity contribution is 0.101. The maximum Gasteiger partial charge on any atom is 0.274 e. The highest BCUT2D eigenvalue weighted by Gasteiger charge is 2.28. The van der Waals surface area contributed by atoms with Gasteiger partial charge in [-0.3, -0.25) is 15.1 Å². The summed E-state index contributed by atoms with van der Waals surface area (Å²) < 4.78 is 1.96. The minimum atomic E-state index is -0.144. The second-order valence-corrected chi connectivity index (χ2v) is 8.90. The summed E-state index contributed by atoms with van der Waals surface area (Å²) in [5.41, 5.74) is 5.11. The summed E-state index contributed by atoms with van der Waals surface area (Å²) in [6.45, 7) is 3.68. The van der Waals surface area contributed by atoms with Crippen molar-refractivity contribution >= 4 is 28.1 Å². The Kier molecular flexibility index (Phi) is 5.73. The summed E-state index contributed by atoms with van der Waals surface area (Å²) in [6.07, 6.45) is 7.76. The third kappa shape index (κ3) is 4.16. The number of nitrogens with one attached hydrogen (secondary N) is 1. The van der Waals surface area contributed by atoms with E-state index in [4.69, 9.17) is 4.98 Å². The SMILES string of the molecule is Cc1cnccc1Cn1cccc1C(=O)Nc1nc([C@H]2CCCN2c2ccccc2)cs1. The summed E-state index contributed by atoms with van der Waals surface area (Å²) >= 11 is 1.48. The second-order valence-electron chi connectivity index (χ2n) is 8.04. The fourth-order valence-corrected chi connectivity index (χ4v) is 5.03. The lowest BCUT2D eigenvalue weighted by Crippen LogP contribution is -2.22. The molecule has 0 spiro atoms. The number of anilines is 2. The zero-order valence-electron chi connectivity index (χ0n) is 17.9. The van der Waals surface area contributed by atoms with Gasteiger partial charge in [0.2, 0.25) is 0 Å². The molecule has 0 saturated carbocycles. The normalized spacial score (nSPS) is 15.8. The van der Waals surface area contributed by atoms with E-state index < -0.39 is 0 Å². The van der Waals surface area contributed by atoms with Crippen LogP contribution in [-0.4, -0.2) is 27.0 Å². The summed E-state index contributed by atoms with van der Waals surface area (Å²) in [5.74, 6) is -0.144. The Morgan fingerprint density at radius 1 is 1.19 bits per heavy atom. The predicted octanol–water partition coefficient (Wildman–Crippen LogP) is 5.29. The van der Waals surface area contributed by atoms with Gasteiger partial charge >= 0.3 is 0 Å². The largest absolute Gasteiger partial charge is 0.363 e. The molecule has 1 N–H and O–H groups in total. The first-order chi connectivity index (χ1) is 15.7. The molecule has 162 valence electrons. The molecule has 1 atom stereocenters. The van der Waals surface area contributed by atoms with Gasteiger partial charge < -0.3 is 9.47 Å². The molecule has 7 heteroatoms. The van der Waals surface area contributed by atoms with Gasteiger partial charge in [-0.05, 0) is 61.2 Å². The standard InChI is InChI=1S/C25H25N5OS/c1-18-15-26-12-11-19(18)16-29-13-5-10-23(29)24(31)28-25-27-21(17-32-25)22-9-6-14-30(22)20-7-3-2-4-8-20/h2-5,7-8,10-13,15,17,22H,6,9,14,16H2,1H3,(H,27,28,31)/t22-/m1/s1. The zero-order valence-corrected chi connectivity index (χ0v) is 18.8. The van der Waals surface area contributed by atoms with Crippen molar-refractivity contribution in [3.8, 4) is 0 Å². The third-order valence-electron chi connectivity index (χ3n) is 5.96. The first kappa shape index (κ1) is 20.5. The van der Waals surface area contributed by atoms with Gasteiger partial charge in [0, 0.05) is 42.7 Å². The monoisotopic (exact) mass is 443 g/mol. The third-order valence-corrected chi connectivity index (χ3v) is 6.74. The Labute approximate surface area is 191 Å². The van der Waals surface area contributed by atoms with Crippen molar-refractivity contribution in [3.63, 3.8) is 0 Å². The van der Waals surface area contributed by atoms with Crippen LogP contribution in [0.2, 0.25) is 0 Å². The van der Waals surface area contributed by atoms with Gasteiger partial charge in [0.1, 0.15) is 5.69 Å². The zero-order chi connectivity index (χ0) is 21.9. The molecule has 1 fully saturated rings. The molecule has 0 bridgehead atoms. The van der Waals surface area contributed by atoms with Gasteiger partial charge in [0.25, 0.3) is 5.91 Å². The average Bonchev–Trinajstić information content (AvgIpc) is 3.56. The molecule has 4 aromatic rings. The predicted molar refractivity (Wildman–Crippen MR) is 128 cm³/mol. The number of thiazole rings is 1. The van der Waals surface area contributed by atoms with E-state index in [1.165, 1.54) is 17.0 Å². The van der Waals surface area contributed by atoms with Crippen LogP contribution >= 0.6 is 11.3 Å². The number of carbonyl (C=O) groups is 1. The molecule has 1 amide bonds. The highest BCUT2D eigenvalue weighted by molar-refractivity contribution is 7.14. The number of hydrogen-bond acceptors (Lipinski definition) is 5. The summed E-state index contributed by atoms with van der Waals surface area (Å²) in [6, 6.07) is 16.4. The molecular formula is C25H25N5OS. The van der Waals surface area contributed by atoms with Crippen molar-refractivity contribution in [2.75, 3.05) is 16.8 Å². The van der Waals surface area contributed by atoms with Crippen molar-refractivity contribution in [2.45, 2.75) is 32.4 Å². The van der Waals surface area contributed by atoms with E-state index in [9.17, 15) is 4.79 Å². The Balaban J connectivity index is 1.30. The van der Waals surface area contributed by atoms with Crippen molar-refractivity contribution in [2.24, 2.45) is 0 Å². The van der Waals surface area contributed by atoms with E-state index in [1.807, 2.05) is 48.1 Å². The Morgan fingerprint density at radius 2 is 2.06 bits per heavy atom. The maximum atomic E-state index is 13.0. The molecule has 1 saturated heterocycles. The Morgan fingerprint density at radius 3 is 2.91 bits per heavy atom. The fourth-order valence-electron chi connectivity index (χ4n) is 4.28. The van der Waals surface area contributed by atoms with Gasteiger partial charge in [-0.2, -0.15) is 0 Å². The van der Waals surface area contributed by atoms with Crippen molar-refractivity contribution in [1.29, 1.82) is 0 Å². The molecule has 5 rings (SSSR count). The van der Waals surface area contributed by atoms with Gasteiger partial charge in [-0.1, -0.05) is 18.2 Å². The first-order valence-electron chi connectivity index (χ1n) is 10.8. The van der Waals surface area contributed by atoms with E-state index in [1.54, 1.807) is 6.20 Å². The second kappa shape index (κ2) is 8.96. The number of pyridine rings is 1. The molecule has 0 aliphatic carbocycles. The van der Waals surface area contributed by atoms with Crippen LogP contribution in [0.3, 0.4) is 0 Å². The van der Waals surface area contributed by atoms with Gasteiger partial charge in [0.15, 0.2) is 5.13 Å². The maximum absolute atomic E-state index is 13.0. The molecule has 1 aromatic carbocycles. The average molecular weight is 444 g/mol. The summed E-state index contributed by atoms with van der Waals surface area (Å²) in [7, 11) is 0. The number of carbonyl (C=O) groups excluding carboxylic acids is 1. The van der Waals surface area contributed by atoms with Gasteiger partial charge in [-0.25, -0.2) is 4.98 Å². The van der Waals surface area contributed by atoms with E-state index in [2.05, 4.69) is 44.8 Å².